The van der Waals surface area contributed by atoms with Gasteiger partial charge < -0.3 is 29.4 Å². The van der Waals surface area contributed by atoms with E-state index in [1.807, 2.05) is 0 Å². The van der Waals surface area contributed by atoms with E-state index in [-0.39, 0.29) is 59.1 Å². The minimum Gasteiger partial charge on any atom is -0.303 e. The summed E-state index contributed by atoms with van der Waals surface area (Å²) in [7, 11) is -9.28. The Kier molecular flexibility index (Phi) is 19.4. The van der Waals surface area contributed by atoms with Crippen LogP contribution in [-0.4, -0.2) is 88.5 Å². The monoisotopic (exact) mass is 242 g/mol. The quantitative estimate of drug-likeness (QED) is 0.199. The zero-order valence-corrected chi connectivity index (χ0v) is 12.2. The van der Waals surface area contributed by atoms with Crippen molar-refractivity contribution in [3.8, 4) is 0 Å². The molecule has 0 aliphatic rings. The van der Waals surface area contributed by atoms with E-state index in [0.717, 1.165) is 0 Å². The van der Waals surface area contributed by atoms with Crippen LogP contribution >= 0.6 is 15.6 Å². The van der Waals surface area contributed by atoms with Gasteiger partial charge in [-0.1, -0.05) is 0 Å². The molecule has 0 saturated carbocycles. The van der Waals surface area contributed by atoms with E-state index in [1.165, 1.54) is 0 Å². The topological polar surface area (TPSA) is 156 Å². The molecule has 2 radical (unpaired) electrons. The molecule has 0 spiro atoms. The Balaban J connectivity index is -0.0000000457. The first-order valence-corrected chi connectivity index (χ1v) is 4.70. The van der Waals surface area contributed by atoms with Crippen molar-refractivity contribution in [2.45, 2.75) is 0 Å². The van der Waals surface area contributed by atoms with Gasteiger partial charge in [-0.25, -0.2) is 9.13 Å². The van der Waals surface area contributed by atoms with Crippen molar-refractivity contribution in [3.05, 3.63) is 0 Å². The van der Waals surface area contributed by atoms with Crippen molar-refractivity contribution in [1.29, 1.82) is 0 Å². The first-order chi connectivity index (χ1) is 4.00. The maximum absolute atomic E-state index is 8.88. The van der Waals surface area contributed by atoms with Gasteiger partial charge in [0.15, 0.2) is 0 Å². The zero-order valence-electron chi connectivity index (χ0n) is 6.39. The largest absolute Gasteiger partial charge is 0.466 e. The van der Waals surface area contributed by atoms with Crippen molar-refractivity contribution >= 4 is 74.8 Å². The Hall–Kier alpha value is 2.22. The van der Waals surface area contributed by atoms with Crippen LogP contribution in [0, 0.1) is 0 Å². The molecular weight excluding hydrogens is 236 g/mol. The number of hydrogen-bond acceptors (Lipinski definition) is 2. The van der Waals surface area contributed by atoms with Crippen LogP contribution in [0.4, 0.5) is 0 Å². The molecule has 0 rings (SSSR count). The van der Waals surface area contributed by atoms with E-state index < -0.39 is 15.6 Å². The molecule has 0 amide bonds. The molecule has 12 heavy (non-hydrogen) atoms. The van der Waals surface area contributed by atoms with Crippen LogP contribution in [0.1, 0.15) is 0 Å². The van der Waals surface area contributed by atoms with Gasteiger partial charge in [-0.3, -0.25) is 0 Å². The molecule has 0 heterocycles. The third-order valence-corrected chi connectivity index (χ3v) is 0. The van der Waals surface area contributed by atoms with Crippen molar-refractivity contribution in [2.75, 3.05) is 0 Å². The van der Waals surface area contributed by atoms with E-state index in [4.69, 9.17) is 38.5 Å². The Bertz CT molecular complexity index is 127. The van der Waals surface area contributed by atoms with Crippen molar-refractivity contribution in [1.82, 2.24) is 0 Å². The molecule has 0 saturated heterocycles. The summed E-state index contributed by atoms with van der Waals surface area (Å²) in [5, 5.41) is 0. The van der Waals surface area contributed by atoms with Gasteiger partial charge in [0, 0.05) is 59.1 Å². The zero-order chi connectivity index (χ0) is 9.00. The summed E-state index contributed by atoms with van der Waals surface area (Å²) in [5.41, 5.74) is 0. The molecule has 0 aromatic heterocycles. The summed E-state index contributed by atoms with van der Waals surface area (Å²) in [6.45, 7) is 0. The minimum atomic E-state index is -4.64. The molecule has 12 heteroatoms. The van der Waals surface area contributed by atoms with Gasteiger partial charge in [-0.15, -0.1) is 0 Å². The second-order valence-electron chi connectivity index (χ2n) is 1.03. The van der Waals surface area contributed by atoms with Gasteiger partial charge in [0.05, 0.1) is 0 Å². The van der Waals surface area contributed by atoms with E-state index in [9.17, 15) is 0 Å². The van der Waals surface area contributed by atoms with Crippen molar-refractivity contribution in [3.63, 3.8) is 0 Å². The summed E-state index contributed by atoms with van der Waals surface area (Å²) in [6.07, 6.45) is 0. The van der Waals surface area contributed by atoms with E-state index in [2.05, 4.69) is 0 Å². The van der Waals surface area contributed by atoms with E-state index >= 15 is 0 Å². The third-order valence-electron chi connectivity index (χ3n) is 0. The van der Waals surface area contributed by atoms with Crippen LogP contribution in [0.3, 0.4) is 0 Å². The fourth-order valence-corrected chi connectivity index (χ4v) is 0. The molecule has 0 bridgehead atoms. The minimum absolute atomic E-state index is 0. The molecule has 0 fully saturated rings. The van der Waals surface area contributed by atoms with Gasteiger partial charge in [0.1, 0.15) is 0 Å². The second-order valence-corrected chi connectivity index (χ2v) is 3.08. The van der Waals surface area contributed by atoms with Crippen molar-refractivity contribution in [2.24, 2.45) is 0 Å². The van der Waals surface area contributed by atoms with Crippen LogP contribution in [-0.2, 0) is 9.13 Å². The normalized spacial score (nSPS) is 9.83. The van der Waals surface area contributed by atoms with Crippen LogP contribution in [0.2, 0.25) is 0 Å². The standard InChI is InChI=1S/2Na.2H3O4P/c;;2*1-5(2,3)4/h;;2*(H3,1,2,3,4). The Morgan fingerprint density at radius 1 is 0.583 bits per heavy atom. The van der Waals surface area contributed by atoms with Crippen LogP contribution in [0.25, 0.3) is 0 Å². The SMILES string of the molecule is O=P(O)(O)O.O=P(O)(O)O.[Na].[Na]. The smallest absolute Gasteiger partial charge is 0.303 e. The summed E-state index contributed by atoms with van der Waals surface area (Å²) < 4.78 is 17.8. The summed E-state index contributed by atoms with van der Waals surface area (Å²) >= 11 is 0. The molecule has 0 atom stereocenters. The first kappa shape index (κ1) is 23.8. The maximum atomic E-state index is 8.88. The second kappa shape index (κ2) is 9.76. The van der Waals surface area contributed by atoms with Crippen LogP contribution in [0.15, 0.2) is 0 Å². The molecule has 0 aliphatic carbocycles. The third kappa shape index (κ3) is 312. The number of hydrogen-bond donors (Lipinski definition) is 6. The molecule has 8 nitrogen and oxygen atoms in total. The first-order valence-electron chi connectivity index (χ1n) is 1.57. The number of rotatable bonds is 0. The van der Waals surface area contributed by atoms with Crippen LogP contribution in [0.5, 0.6) is 0 Å². The summed E-state index contributed by atoms with van der Waals surface area (Å²) in [4.78, 5) is 43.1. The average Bonchev–Trinajstić information content (AvgIpc) is 1.12. The molecule has 0 aromatic carbocycles. The molecule has 6 N–H and O–H groups in total. The molecule has 0 aliphatic heterocycles. The number of phosphoric acid groups is 2. The Labute approximate surface area is 112 Å². The van der Waals surface area contributed by atoms with E-state index in [1.54, 1.807) is 0 Å². The van der Waals surface area contributed by atoms with Gasteiger partial charge >= 0.3 is 15.6 Å². The Morgan fingerprint density at radius 2 is 0.583 bits per heavy atom. The molecule has 66 valence electrons. The average molecular weight is 242 g/mol. The summed E-state index contributed by atoms with van der Waals surface area (Å²) in [6, 6.07) is 0. The fourth-order valence-electron chi connectivity index (χ4n) is 0. The van der Waals surface area contributed by atoms with Crippen LogP contribution < -0.4 is 0 Å². The van der Waals surface area contributed by atoms with Crippen molar-refractivity contribution < 1.29 is 38.5 Å². The maximum Gasteiger partial charge on any atom is 0.466 e. The fraction of sp³-hybridized carbons (Fsp3) is 0. The molecule has 0 aromatic rings. The van der Waals surface area contributed by atoms with Gasteiger partial charge in [0.25, 0.3) is 0 Å². The van der Waals surface area contributed by atoms with Gasteiger partial charge in [-0.05, 0) is 0 Å². The summed E-state index contributed by atoms with van der Waals surface area (Å²) in [5.74, 6) is 0. The molecule has 0 unspecified atom stereocenters. The van der Waals surface area contributed by atoms with Gasteiger partial charge in [-0.2, -0.15) is 0 Å². The Morgan fingerprint density at radius 3 is 0.583 bits per heavy atom. The van der Waals surface area contributed by atoms with Gasteiger partial charge in [0.2, 0.25) is 0 Å². The molecular formula is H6Na2O8P2. The van der Waals surface area contributed by atoms with E-state index in [0.29, 0.717) is 0 Å². The predicted molar refractivity (Wildman–Crippen MR) is 40.0 cm³/mol. The predicted octanol–water partition coefficient (Wildman–Crippen LogP) is -2.62.